The molecule has 26 heavy (non-hydrogen) atoms. The number of methoxy groups -OCH3 is 1. The molecule has 0 saturated carbocycles. The second kappa shape index (κ2) is 7.04. The van der Waals surface area contributed by atoms with E-state index in [9.17, 15) is 4.79 Å². The SMILES string of the molecule is COc1cccc(-c2nn(Cc3ccccc3)cc2C(=O)N2CCC2)c1. The first-order chi connectivity index (χ1) is 12.7. The molecule has 1 aliphatic rings. The van der Waals surface area contributed by atoms with Gasteiger partial charge in [-0.1, -0.05) is 42.5 Å². The van der Waals surface area contributed by atoms with Gasteiger partial charge in [0, 0.05) is 24.8 Å². The van der Waals surface area contributed by atoms with E-state index in [1.807, 2.05) is 58.2 Å². The van der Waals surface area contributed by atoms with Crippen molar-refractivity contribution < 1.29 is 9.53 Å². The molecule has 1 aromatic heterocycles. The van der Waals surface area contributed by atoms with E-state index in [4.69, 9.17) is 9.84 Å². The second-order valence-electron chi connectivity index (χ2n) is 6.45. The van der Waals surface area contributed by atoms with Gasteiger partial charge in [-0.2, -0.15) is 5.10 Å². The Morgan fingerprint density at radius 1 is 1.12 bits per heavy atom. The minimum absolute atomic E-state index is 0.0494. The Morgan fingerprint density at radius 2 is 1.92 bits per heavy atom. The Morgan fingerprint density at radius 3 is 2.62 bits per heavy atom. The van der Waals surface area contributed by atoms with Gasteiger partial charge in [0.2, 0.25) is 0 Å². The molecule has 0 N–H and O–H groups in total. The summed E-state index contributed by atoms with van der Waals surface area (Å²) in [7, 11) is 1.64. The number of likely N-dealkylation sites (tertiary alicyclic amines) is 1. The van der Waals surface area contributed by atoms with E-state index in [2.05, 4.69) is 12.1 Å². The topological polar surface area (TPSA) is 47.4 Å². The summed E-state index contributed by atoms with van der Waals surface area (Å²) in [5, 5.41) is 4.73. The van der Waals surface area contributed by atoms with Gasteiger partial charge in [0.15, 0.2) is 0 Å². The second-order valence-corrected chi connectivity index (χ2v) is 6.45. The highest BCUT2D eigenvalue weighted by molar-refractivity contribution is 6.00. The van der Waals surface area contributed by atoms with E-state index >= 15 is 0 Å². The lowest BCUT2D eigenvalue weighted by Crippen LogP contribution is -2.42. The molecule has 0 radical (unpaired) electrons. The van der Waals surface area contributed by atoms with Crippen molar-refractivity contribution in [2.45, 2.75) is 13.0 Å². The third-order valence-electron chi connectivity index (χ3n) is 4.67. The van der Waals surface area contributed by atoms with Crippen LogP contribution in [0, 0.1) is 0 Å². The number of aromatic nitrogens is 2. The predicted molar refractivity (Wildman–Crippen MR) is 100 cm³/mol. The minimum Gasteiger partial charge on any atom is -0.497 e. The Hall–Kier alpha value is -3.08. The van der Waals surface area contributed by atoms with Crippen molar-refractivity contribution in [2.24, 2.45) is 0 Å². The molecule has 1 aliphatic heterocycles. The third kappa shape index (κ3) is 3.20. The summed E-state index contributed by atoms with van der Waals surface area (Å²) >= 11 is 0. The quantitative estimate of drug-likeness (QED) is 0.710. The summed E-state index contributed by atoms with van der Waals surface area (Å²) in [6.07, 6.45) is 2.93. The molecule has 0 bridgehead atoms. The number of hydrogen-bond donors (Lipinski definition) is 0. The number of benzene rings is 2. The number of carbonyl (C=O) groups excluding carboxylic acids is 1. The maximum atomic E-state index is 12.9. The molecule has 3 aromatic rings. The molecular formula is C21H21N3O2. The van der Waals surface area contributed by atoms with Crippen LogP contribution in [-0.4, -0.2) is 40.8 Å². The van der Waals surface area contributed by atoms with Gasteiger partial charge in [-0.3, -0.25) is 9.48 Å². The number of hydrogen-bond acceptors (Lipinski definition) is 3. The molecule has 5 nitrogen and oxygen atoms in total. The normalized spacial score (nSPS) is 13.3. The lowest BCUT2D eigenvalue weighted by atomic mass is 10.1. The minimum atomic E-state index is 0.0494. The van der Waals surface area contributed by atoms with Gasteiger partial charge in [-0.15, -0.1) is 0 Å². The Bertz CT molecular complexity index is 914. The fourth-order valence-electron chi connectivity index (χ4n) is 3.10. The van der Waals surface area contributed by atoms with E-state index < -0.39 is 0 Å². The summed E-state index contributed by atoms with van der Waals surface area (Å²) in [5.41, 5.74) is 3.39. The molecule has 1 fully saturated rings. The van der Waals surface area contributed by atoms with Crippen molar-refractivity contribution >= 4 is 5.91 Å². The molecule has 132 valence electrons. The van der Waals surface area contributed by atoms with Crippen LogP contribution in [0.3, 0.4) is 0 Å². The van der Waals surface area contributed by atoms with Crippen LogP contribution < -0.4 is 4.74 Å². The first-order valence-corrected chi connectivity index (χ1v) is 8.79. The summed E-state index contributed by atoms with van der Waals surface area (Å²) in [6.45, 7) is 2.27. The van der Waals surface area contributed by atoms with E-state index in [0.717, 1.165) is 36.4 Å². The van der Waals surface area contributed by atoms with E-state index in [0.29, 0.717) is 17.8 Å². The highest BCUT2D eigenvalue weighted by Crippen LogP contribution is 2.28. The van der Waals surface area contributed by atoms with Crippen LogP contribution in [0.1, 0.15) is 22.3 Å². The van der Waals surface area contributed by atoms with Gasteiger partial charge in [-0.25, -0.2) is 0 Å². The Balaban J connectivity index is 1.73. The maximum Gasteiger partial charge on any atom is 0.257 e. The average molecular weight is 347 g/mol. The smallest absolute Gasteiger partial charge is 0.257 e. The van der Waals surface area contributed by atoms with Crippen LogP contribution in [-0.2, 0) is 6.54 Å². The van der Waals surface area contributed by atoms with Crippen LogP contribution in [0.4, 0.5) is 0 Å². The van der Waals surface area contributed by atoms with Gasteiger partial charge < -0.3 is 9.64 Å². The molecule has 2 heterocycles. The van der Waals surface area contributed by atoms with Crippen LogP contribution >= 0.6 is 0 Å². The molecule has 0 aliphatic carbocycles. The monoisotopic (exact) mass is 347 g/mol. The first-order valence-electron chi connectivity index (χ1n) is 8.79. The van der Waals surface area contributed by atoms with Crippen molar-refractivity contribution in [1.82, 2.24) is 14.7 Å². The number of rotatable bonds is 5. The van der Waals surface area contributed by atoms with E-state index in [1.165, 1.54) is 0 Å². The lowest BCUT2D eigenvalue weighted by molar-refractivity contribution is 0.0652. The standard InChI is InChI=1S/C21H21N3O2/c1-26-18-10-5-9-17(13-18)20-19(21(25)23-11-6-12-23)15-24(22-20)14-16-7-3-2-4-8-16/h2-5,7-10,13,15H,6,11-12,14H2,1H3. The molecule has 1 saturated heterocycles. The summed E-state index contributed by atoms with van der Waals surface area (Å²) in [5.74, 6) is 0.802. The number of carbonyl (C=O) groups is 1. The summed E-state index contributed by atoms with van der Waals surface area (Å²) in [6, 6.07) is 17.8. The van der Waals surface area contributed by atoms with Gasteiger partial charge in [0.1, 0.15) is 11.4 Å². The zero-order valence-corrected chi connectivity index (χ0v) is 14.8. The molecule has 0 atom stereocenters. The molecule has 4 rings (SSSR count). The molecule has 0 unspecified atom stereocenters. The summed E-state index contributed by atoms with van der Waals surface area (Å²) < 4.78 is 7.17. The summed E-state index contributed by atoms with van der Waals surface area (Å²) in [4.78, 5) is 14.8. The van der Waals surface area contributed by atoms with Crippen LogP contribution in [0.15, 0.2) is 60.8 Å². The van der Waals surface area contributed by atoms with E-state index in [-0.39, 0.29) is 5.91 Å². The van der Waals surface area contributed by atoms with Gasteiger partial charge in [0.05, 0.1) is 19.2 Å². The molecule has 5 heteroatoms. The van der Waals surface area contributed by atoms with Crippen molar-refractivity contribution in [3.63, 3.8) is 0 Å². The number of nitrogens with zero attached hydrogens (tertiary/aromatic N) is 3. The average Bonchev–Trinajstić information content (AvgIpc) is 3.05. The van der Waals surface area contributed by atoms with Crippen molar-refractivity contribution in [2.75, 3.05) is 20.2 Å². The highest BCUT2D eigenvalue weighted by Gasteiger charge is 2.26. The largest absolute Gasteiger partial charge is 0.497 e. The van der Waals surface area contributed by atoms with Crippen molar-refractivity contribution in [1.29, 1.82) is 0 Å². The van der Waals surface area contributed by atoms with Crippen LogP contribution in [0.2, 0.25) is 0 Å². The molecule has 2 aromatic carbocycles. The molecule has 0 spiro atoms. The van der Waals surface area contributed by atoms with Gasteiger partial charge >= 0.3 is 0 Å². The molecule has 1 amide bonds. The zero-order chi connectivity index (χ0) is 17.9. The predicted octanol–water partition coefficient (Wildman–Crippen LogP) is 3.45. The van der Waals surface area contributed by atoms with Gasteiger partial charge in [-0.05, 0) is 24.1 Å². The van der Waals surface area contributed by atoms with Crippen LogP contribution in [0.5, 0.6) is 5.75 Å². The maximum absolute atomic E-state index is 12.9. The third-order valence-corrected chi connectivity index (χ3v) is 4.67. The fraction of sp³-hybridized carbons (Fsp3) is 0.238. The molecular weight excluding hydrogens is 326 g/mol. The Labute approximate surface area is 152 Å². The van der Waals surface area contributed by atoms with Crippen molar-refractivity contribution in [3.8, 4) is 17.0 Å². The first kappa shape index (κ1) is 16.4. The lowest BCUT2D eigenvalue weighted by Gasteiger charge is -2.30. The highest BCUT2D eigenvalue weighted by atomic mass is 16.5. The van der Waals surface area contributed by atoms with E-state index in [1.54, 1.807) is 7.11 Å². The number of ether oxygens (including phenoxy) is 1. The number of amides is 1. The zero-order valence-electron chi connectivity index (χ0n) is 14.8. The van der Waals surface area contributed by atoms with Crippen LogP contribution in [0.25, 0.3) is 11.3 Å². The fourth-order valence-corrected chi connectivity index (χ4v) is 3.10. The Kier molecular flexibility index (Phi) is 4.44. The van der Waals surface area contributed by atoms with Crippen molar-refractivity contribution in [3.05, 3.63) is 71.9 Å². The van der Waals surface area contributed by atoms with Gasteiger partial charge in [0.25, 0.3) is 5.91 Å².